The van der Waals surface area contributed by atoms with Crippen LogP contribution in [0.5, 0.6) is 0 Å². The zero-order chi connectivity index (χ0) is 20.0. The summed E-state index contributed by atoms with van der Waals surface area (Å²) in [4.78, 5) is 12.1. The van der Waals surface area contributed by atoms with Crippen LogP contribution < -0.4 is 0 Å². The van der Waals surface area contributed by atoms with E-state index in [-0.39, 0.29) is 13.2 Å². The molecule has 0 N–H and O–H groups in total. The monoisotopic (exact) mass is 406 g/mol. The van der Waals surface area contributed by atoms with E-state index in [2.05, 4.69) is 0 Å². The average molecular weight is 406 g/mol. The highest BCUT2D eigenvalue weighted by molar-refractivity contribution is 7.52. The molecule has 7 nitrogen and oxygen atoms in total. The zero-order valence-corrected chi connectivity index (χ0v) is 16.6. The van der Waals surface area contributed by atoms with E-state index in [1.165, 1.54) is 13.8 Å². The third-order valence-corrected chi connectivity index (χ3v) is 5.41. The van der Waals surface area contributed by atoms with Crippen LogP contribution in [0.25, 0.3) is 0 Å². The van der Waals surface area contributed by atoms with E-state index in [0.29, 0.717) is 0 Å². The second kappa shape index (κ2) is 9.45. The molecule has 1 aliphatic heterocycles. The Labute approximate surface area is 164 Å². The summed E-state index contributed by atoms with van der Waals surface area (Å²) >= 11 is 0. The maximum absolute atomic E-state index is 12.6. The fourth-order valence-corrected chi connectivity index (χ4v) is 3.59. The molecule has 28 heavy (non-hydrogen) atoms. The van der Waals surface area contributed by atoms with Gasteiger partial charge in [-0.25, -0.2) is 4.79 Å². The van der Waals surface area contributed by atoms with Gasteiger partial charge < -0.3 is 23.3 Å². The molecule has 1 saturated heterocycles. The Bertz CT molecular complexity index is 812. The summed E-state index contributed by atoms with van der Waals surface area (Å²) in [5.41, 5.74) is 1.64. The lowest BCUT2D eigenvalue weighted by atomic mass is 10.2. The van der Waals surface area contributed by atoms with Crippen LogP contribution in [0.15, 0.2) is 60.7 Å². The van der Waals surface area contributed by atoms with Gasteiger partial charge >= 0.3 is 13.6 Å². The van der Waals surface area contributed by atoms with Crippen LogP contribution in [-0.2, 0) is 39.2 Å². The predicted octanol–water partition coefficient (Wildman–Crippen LogP) is 3.70. The van der Waals surface area contributed by atoms with Crippen molar-refractivity contribution >= 4 is 13.6 Å². The highest BCUT2D eigenvalue weighted by atomic mass is 31.2. The van der Waals surface area contributed by atoms with Crippen molar-refractivity contribution in [2.45, 2.75) is 25.1 Å². The molecular weight excluding hydrogens is 383 g/mol. The number of methoxy groups -OCH3 is 1. The highest BCUT2D eigenvalue weighted by Gasteiger charge is 2.43. The van der Waals surface area contributed by atoms with Crippen LogP contribution in [0.1, 0.15) is 17.4 Å². The third-order valence-electron chi connectivity index (χ3n) is 4.19. The van der Waals surface area contributed by atoms with Crippen molar-refractivity contribution in [3.8, 4) is 0 Å². The van der Waals surface area contributed by atoms with Gasteiger partial charge in [-0.1, -0.05) is 60.7 Å². The number of carbonyl (C=O) groups excluding carboxylic acids is 1. The quantitative estimate of drug-likeness (QED) is 0.488. The van der Waals surface area contributed by atoms with Crippen molar-refractivity contribution in [3.05, 3.63) is 71.8 Å². The van der Waals surface area contributed by atoms with Crippen LogP contribution in [0.3, 0.4) is 0 Å². The van der Waals surface area contributed by atoms with Gasteiger partial charge in [0.15, 0.2) is 12.4 Å². The molecule has 3 rings (SSSR count). The lowest BCUT2D eigenvalue weighted by Crippen LogP contribution is -2.35. The van der Waals surface area contributed by atoms with E-state index in [1.54, 1.807) is 0 Å². The average Bonchev–Trinajstić information content (AvgIpc) is 3.16. The van der Waals surface area contributed by atoms with Gasteiger partial charge in [-0.2, -0.15) is 0 Å². The third kappa shape index (κ3) is 5.50. The van der Waals surface area contributed by atoms with Gasteiger partial charge in [0.1, 0.15) is 6.10 Å². The van der Waals surface area contributed by atoms with E-state index in [1.807, 2.05) is 60.7 Å². The van der Waals surface area contributed by atoms with Crippen molar-refractivity contribution in [2.75, 3.05) is 20.4 Å². The maximum atomic E-state index is 12.6. The number of carbonyl (C=O) groups is 1. The molecular formula is C20H23O7P. The summed E-state index contributed by atoms with van der Waals surface area (Å²) in [6.45, 7) is 1.41. The standard InChI is InChI=1S/C20H23O7P/c1-23-19(21)18-17(26-20(27-18)16-11-7-4-8-12-16)14-25-28(2,22)24-13-15-9-5-3-6-10-15/h3-12,17-18,20H,13-14H2,1-2H3. The highest BCUT2D eigenvalue weighted by Crippen LogP contribution is 2.46. The Morgan fingerprint density at radius 2 is 1.64 bits per heavy atom. The van der Waals surface area contributed by atoms with E-state index in [0.717, 1.165) is 11.1 Å². The summed E-state index contributed by atoms with van der Waals surface area (Å²) in [6, 6.07) is 18.6. The maximum Gasteiger partial charge on any atom is 0.337 e. The smallest absolute Gasteiger partial charge is 0.337 e. The van der Waals surface area contributed by atoms with Gasteiger partial charge in [0.2, 0.25) is 0 Å². The van der Waals surface area contributed by atoms with Gasteiger partial charge in [0.25, 0.3) is 0 Å². The van der Waals surface area contributed by atoms with Gasteiger partial charge in [0.05, 0.1) is 20.3 Å². The lowest BCUT2D eigenvalue weighted by molar-refractivity contribution is -0.154. The molecule has 8 heteroatoms. The summed E-state index contributed by atoms with van der Waals surface area (Å²) in [5, 5.41) is 0. The molecule has 2 aromatic rings. The van der Waals surface area contributed by atoms with Crippen molar-refractivity contribution < 1.29 is 32.6 Å². The topological polar surface area (TPSA) is 80.3 Å². The Kier molecular flexibility index (Phi) is 6.99. The van der Waals surface area contributed by atoms with Crippen molar-refractivity contribution in [1.29, 1.82) is 0 Å². The molecule has 0 aliphatic carbocycles. The summed E-state index contributed by atoms with van der Waals surface area (Å²) in [6.07, 6.45) is -2.49. The summed E-state index contributed by atoms with van der Waals surface area (Å²) in [7, 11) is -2.08. The number of hydrogen-bond acceptors (Lipinski definition) is 7. The summed E-state index contributed by atoms with van der Waals surface area (Å²) < 4.78 is 39.8. The second-order valence-electron chi connectivity index (χ2n) is 6.32. The molecule has 1 aliphatic rings. The number of rotatable bonds is 8. The van der Waals surface area contributed by atoms with Gasteiger partial charge in [-0.05, 0) is 5.56 Å². The number of hydrogen-bond donors (Lipinski definition) is 0. The largest absolute Gasteiger partial charge is 0.467 e. The molecule has 0 amide bonds. The molecule has 0 bridgehead atoms. The van der Waals surface area contributed by atoms with Crippen LogP contribution >= 0.6 is 7.60 Å². The van der Waals surface area contributed by atoms with E-state index in [9.17, 15) is 9.36 Å². The van der Waals surface area contributed by atoms with E-state index in [4.69, 9.17) is 23.3 Å². The lowest BCUT2D eigenvalue weighted by Gasteiger charge is -2.19. The Hall–Kier alpha value is -2.02. The molecule has 2 aromatic carbocycles. The van der Waals surface area contributed by atoms with Crippen LogP contribution in [0, 0.1) is 0 Å². The predicted molar refractivity (Wildman–Crippen MR) is 102 cm³/mol. The Morgan fingerprint density at radius 3 is 2.29 bits per heavy atom. The van der Waals surface area contributed by atoms with Gasteiger partial charge in [-0.15, -0.1) is 0 Å². The zero-order valence-electron chi connectivity index (χ0n) is 15.7. The first-order valence-electron chi connectivity index (χ1n) is 8.83. The fraction of sp³-hybridized carbons (Fsp3) is 0.350. The minimum absolute atomic E-state index is 0.133. The molecule has 1 fully saturated rings. The first kappa shape index (κ1) is 20.7. The number of ether oxygens (including phenoxy) is 3. The molecule has 0 radical (unpaired) electrons. The van der Waals surface area contributed by atoms with E-state index >= 15 is 0 Å². The second-order valence-corrected chi connectivity index (χ2v) is 8.38. The molecule has 4 unspecified atom stereocenters. The molecule has 0 aromatic heterocycles. The van der Waals surface area contributed by atoms with Gasteiger partial charge in [-0.3, -0.25) is 4.57 Å². The first-order valence-corrected chi connectivity index (χ1v) is 10.8. The number of esters is 1. The van der Waals surface area contributed by atoms with Crippen molar-refractivity contribution in [1.82, 2.24) is 0 Å². The first-order chi connectivity index (χ1) is 13.5. The normalized spacial score (nSPS) is 23.9. The van der Waals surface area contributed by atoms with Crippen LogP contribution in [-0.4, -0.2) is 38.6 Å². The van der Waals surface area contributed by atoms with Crippen LogP contribution in [0.2, 0.25) is 0 Å². The van der Waals surface area contributed by atoms with Crippen LogP contribution in [0.4, 0.5) is 0 Å². The number of benzene rings is 2. The molecule has 150 valence electrons. The molecule has 0 saturated carbocycles. The molecule has 4 atom stereocenters. The van der Waals surface area contributed by atoms with Gasteiger partial charge in [0, 0.05) is 12.2 Å². The minimum atomic E-state index is -3.36. The van der Waals surface area contributed by atoms with E-state index < -0.39 is 32.1 Å². The Morgan fingerprint density at radius 1 is 1.00 bits per heavy atom. The Balaban J connectivity index is 1.60. The molecule has 0 spiro atoms. The van der Waals surface area contributed by atoms with Crippen molar-refractivity contribution in [2.24, 2.45) is 0 Å². The minimum Gasteiger partial charge on any atom is -0.467 e. The summed E-state index contributed by atoms with van der Waals surface area (Å²) in [5.74, 6) is -0.580. The fourth-order valence-electron chi connectivity index (χ4n) is 2.71. The SMILES string of the molecule is COC(=O)C1OC(c2ccccc2)OC1COP(C)(=O)OCc1ccccc1. The molecule has 1 heterocycles. The van der Waals surface area contributed by atoms with Crippen molar-refractivity contribution in [3.63, 3.8) is 0 Å².